The number of halogens is 1. The van der Waals surface area contributed by atoms with Crippen LogP contribution in [0.4, 0.5) is 0 Å². The van der Waals surface area contributed by atoms with Gasteiger partial charge in [0.1, 0.15) is 5.82 Å². The lowest BCUT2D eigenvalue weighted by molar-refractivity contribution is 0.934. The fourth-order valence-electron chi connectivity index (χ4n) is 2.00. The number of rotatable bonds is 2. The van der Waals surface area contributed by atoms with Gasteiger partial charge in [0.25, 0.3) is 0 Å². The molecular formula is C14H12BrN3. The second kappa shape index (κ2) is 4.53. The molecule has 0 saturated carbocycles. The molecule has 2 aromatic heterocycles. The average Bonchev–Trinajstić information content (AvgIpc) is 2.77. The highest BCUT2D eigenvalue weighted by atomic mass is 79.9. The maximum Gasteiger partial charge on any atom is 0.163 e. The Kier molecular flexibility index (Phi) is 2.88. The Labute approximate surface area is 114 Å². The predicted octanol–water partition coefficient (Wildman–Crippen LogP) is 3.39. The summed E-state index contributed by atoms with van der Waals surface area (Å²) in [6.07, 6.45) is 2.80. The van der Waals surface area contributed by atoms with E-state index >= 15 is 0 Å². The Morgan fingerprint density at radius 3 is 2.67 bits per heavy atom. The fourth-order valence-corrected chi connectivity index (χ4v) is 2.27. The van der Waals surface area contributed by atoms with Crippen LogP contribution in [0.25, 0.3) is 5.65 Å². The van der Waals surface area contributed by atoms with Crippen molar-refractivity contribution in [3.63, 3.8) is 0 Å². The molecule has 0 atom stereocenters. The third kappa shape index (κ3) is 2.04. The number of hydrogen-bond donors (Lipinski definition) is 0. The van der Waals surface area contributed by atoms with Crippen molar-refractivity contribution in [1.82, 2.24) is 14.6 Å². The van der Waals surface area contributed by atoms with E-state index in [9.17, 15) is 0 Å². The molecule has 1 aromatic carbocycles. The molecule has 2 heterocycles. The monoisotopic (exact) mass is 301 g/mol. The van der Waals surface area contributed by atoms with Crippen molar-refractivity contribution in [2.24, 2.45) is 0 Å². The van der Waals surface area contributed by atoms with Gasteiger partial charge in [-0.15, -0.1) is 10.2 Å². The summed E-state index contributed by atoms with van der Waals surface area (Å²) < 4.78 is 3.14. The Balaban J connectivity index is 2.00. The average molecular weight is 302 g/mol. The largest absolute Gasteiger partial charge is 0.286 e. The van der Waals surface area contributed by atoms with Crippen LogP contribution in [0.2, 0.25) is 0 Å². The lowest BCUT2D eigenvalue weighted by Crippen LogP contribution is -1.96. The molecule has 0 unspecified atom stereocenters. The summed E-state index contributed by atoms with van der Waals surface area (Å²) >= 11 is 3.44. The maximum atomic E-state index is 4.28. The summed E-state index contributed by atoms with van der Waals surface area (Å²) in [7, 11) is 0. The first-order valence-corrected chi connectivity index (χ1v) is 6.57. The summed E-state index contributed by atoms with van der Waals surface area (Å²) in [5, 5.41) is 8.51. The van der Waals surface area contributed by atoms with Crippen LogP contribution < -0.4 is 0 Å². The molecule has 0 aliphatic heterocycles. The third-order valence-corrected chi connectivity index (χ3v) is 3.50. The molecule has 3 rings (SSSR count). The van der Waals surface area contributed by atoms with Gasteiger partial charge in [-0.2, -0.15) is 0 Å². The lowest BCUT2D eigenvalue weighted by Gasteiger charge is -2.01. The molecule has 0 aliphatic rings. The minimum atomic E-state index is 0.790. The van der Waals surface area contributed by atoms with E-state index in [0.717, 1.165) is 27.9 Å². The fraction of sp³-hybridized carbons (Fsp3) is 0.143. The quantitative estimate of drug-likeness (QED) is 0.726. The topological polar surface area (TPSA) is 30.2 Å². The van der Waals surface area contributed by atoms with E-state index in [-0.39, 0.29) is 0 Å². The van der Waals surface area contributed by atoms with Gasteiger partial charge in [0.15, 0.2) is 5.65 Å². The molecule has 0 bridgehead atoms. The van der Waals surface area contributed by atoms with Crippen molar-refractivity contribution in [1.29, 1.82) is 0 Å². The van der Waals surface area contributed by atoms with Gasteiger partial charge in [0.2, 0.25) is 0 Å². The van der Waals surface area contributed by atoms with Crippen LogP contribution in [0.15, 0.2) is 47.1 Å². The third-order valence-electron chi connectivity index (χ3n) is 2.98. The van der Waals surface area contributed by atoms with Crippen LogP contribution in [0, 0.1) is 6.92 Å². The normalized spacial score (nSPS) is 11.0. The predicted molar refractivity (Wildman–Crippen MR) is 74.7 cm³/mol. The van der Waals surface area contributed by atoms with Gasteiger partial charge >= 0.3 is 0 Å². The van der Waals surface area contributed by atoms with Crippen LogP contribution in [-0.4, -0.2) is 14.6 Å². The van der Waals surface area contributed by atoms with Crippen molar-refractivity contribution in [3.8, 4) is 0 Å². The lowest BCUT2D eigenvalue weighted by atomic mass is 10.1. The standard InChI is InChI=1S/C14H12BrN3/c1-10-3-2-8-18-13(16-17-14(10)18)9-11-4-6-12(15)7-5-11/h2-8H,9H2,1H3. The SMILES string of the molecule is Cc1cccn2c(Cc3ccc(Br)cc3)nnc12. The number of aryl methyl sites for hydroxylation is 1. The van der Waals surface area contributed by atoms with E-state index < -0.39 is 0 Å². The van der Waals surface area contributed by atoms with Gasteiger partial charge in [0, 0.05) is 17.1 Å². The van der Waals surface area contributed by atoms with Crippen LogP contribution in [0.5, 0.6) is 0 Å². The van der Waals surface area contributed by atoms with Crippen molar-refractivity contribution < 1.29 is 0 Å². The summed E-state index contributed by atoms with van der Waals surface area (Å²) in [4.78, 5) is 0. The highest BCUT2D eigenvalue weighted by Crippen LogP contribution is 2.15. The number of nitrogens with zero attached hydrogens (tertiary/aromatic N) is 3. The summed E-state index contributed by atoms with van der Waals surface area (Å²) in [6.45, 7) is 2.05. The second-order valence-corrected chi connectivity index (χ2v) is 5.22. The minimum absolute atomic E-state index is 0.790. The summed E-state index contributed by atoms with van der Waals surface area (Å²) in [5.74, 6) is 0.969. The van der Waals surface area contributed by atoms with E-state index in [4.69, 9.17) is 0 Å². The molecule has 0 amide bonds. The Morgan fingerprint density at radius 2 is 1.89 bits per heavy atom. The first-order chi connectivity index (χ1) is 8.74. The zero-order valence-electron chi connectivity index (χ0n) is 9.97. The second-order valence-electron chi connectivity index (χ2n) is 4.30. The Morgan fingerprint density at radius 1 is 1.11 bits per heavy atom. The molecule has 90 valence electrons. The first-order valence-electron chi connectivity index (χ1n) is 5.78. The van der Waals surface area contributed by atoms with Gasteiger partial charge < -0.3 is 0 Å². The molecule has 0 N–H and O–H groups in total. The van der Waals surface area contributed by atoms with Crippen molar-refractivity contribution in [2.45, 2.75) is 13.3 Å². The van der Waals surface area contributed by atoms with Crippen molar-refractivity contribution >= 4 is 21.6 Å². The van der Waals surface area contributed by atoms with Gasteiger partial charge in [-0.3, -0.25) is 4.40 Å². The van der Waals surface area contributed by atoms with E-state index in [1.165, 1.54) is 5.56 Å². The number of fused-ring (bicyclic) bond motifs is 1. The molecule has 3 aromatic rings. The molecule has 0 spiro atoms. The molecule has 4 heteroatoms. The molecule has 0 fully saturated rings. The number of hydrogen-bond acceptors (Lipinski definition) is 2. The zero-order valence-corrected chi connectivity index (χ0v) is 11.6. The van der Waals surface area contributed by atoms with Gasteiger partial charge in [-0.25, -0.2) is 0 Å². The van der Waals surface area contributed by atoms with E-state index in [1.807, 2.05) is 37.4 Å². The molecule has 0 aliphatic carbocycles. The van der Waals surface area contributed by atoms with Gasteiger partial charge in [-0.1, -0.05) is 34.1 Å². The van der Waals surface area contributed by atoms with Crippen molar-refractivity contribution in [2.75, 3.05) is 0 Å². The number of pyridine rings is 1. The Bertz CT molecular complexity index is 686. The molecule has 18 heavy (non-hydrogen) atoms. The van der Waals surface area contributed by atoms with Gasteiger partial charge in [0.05, 0.1) is 0 Å². The highest BCUT2D eigenvalue weighted by molar-refractivity contribution is 9.10. The molecule has 3 nitrogen and oxygen atoms in total. The van der Waals surface area contributed by atoms with Crippen LogP contribution in [0.3, 0.4) is 0 Å². The Hall–Kier alpha value is -1.68. The summed E-state index contributed by atoms with van der Waals surface area (Å²) in [6, 6.07) is 12.4. The first kappa shape index (κ1) is 11.4. The highest BCUT2D eigenvalue weighted by Gasteiger charge is 2.07. The molecule has 0 radical (unpaired) electrons. The van der Waals surface area contributed by atoms with Crippen LogP contribution in [0.1, 0.15) is 17.0 Å². The van der Waals surface area contributed by atoms with E-state index in [0.29, 0.717) is 0 Å². The smallest absolute Gasteiger partial charge is 0.163 e. The molecule has 0 saturated heterocycles. The number of benzene rings is 1. The number of aromatic nitrogens is 3. The molecular weight excluding hydrogens is 290 g/mol. The van der Waals surface area contributed by atoms with Gasteiger partial charge in [-0.05, 0) is 36.2 Å². The zero-order chi connectivity index (χ0) is 12.5. The summed E-state index contributed by atoms with van der Waals surface area (Å²) in [5.41, 5.74) is 3.31. The maximum absolute atomic E-state index is 4.28. The van der Waals surface area contributed by atoms with Crippen molar-refractivity contribution in [3.05, 3.63) is 64.0 Å². The van der Waals surface area contributed by atoms with E-state index in [1.54, 1.807) is 0 Å². The van der Waals surface area contributed by atoms with Crippen LogP contribution in [-0.2, 0) is 6.42 Å². The van der Waals surface area contributed by atoms with E-state index in [2.05, 4.69) is 42.7 Å². The minimum Gasteiger partial charge on any atom is -0.286 e. The van der Waals surface area contributed by atoms with Crippen LogP contribution >= 0.6 is 15.9 Å².